The minimum Gasteiger partial charge on any atom is -0.329 e. The van der Waals surface area contributed by atoms with Crippen molar-refractivity contribution in [2.24, 2.45) is 5.73 Å². The van der Waals surface area contributed by atoms with Gasteiger partial charge in [-0.25, -0.2) is 4.98 Å². The SMILES string of the molecule is Cc1ncsc1CN(C)C(CN)c1ccc(Br)c(Br)c1. The highest BCUT2D eigenvalue weighted by atomic mass is 79.9. The lowest BCUT2D eigenvalue weighted by molar-refractivity contribution is 0.243. The topological polar surface area (TPSA) is 42.2 Å². The van der Waals surface area contributed by atoms with Crippen LogP contribution in [0.15, 0.2) is 32.7 Å². The molecule has 2 aromatic rings. The fraction of sp³-hybridized carbons (Fsp3) is 0.357. The lowest BCUT2D eigenvalue weighted by atomic mass is 10.1. The Bertz CT molecular complexity index is 586. The second-order valence-corrected chi connectivity index (χ2v) is 7.35. The van der Waals surface area contributed by atoms with Gasteiger partial charge in [0.25, 0.3) is 0 Å². The number of likely N-dealkylation sites (N-methyl/N-ethyl adjacent to an activating group) is 1. The van der Waals surface area contributed by atoms with Crippen molar-refractivity contribution < 1.29 is 0 Å². The van der Waals surface area contributed by atoms with Gasteiger partial charge >= 0.3 is 0 Å². The lowest BCUT2D eigenvalue weighted by Crippen LogP contribution is -2.30. The molecule has 0 saturated carbocycles. The van der Waals surface area contributed by atoms with Crippen LogP contribution in [0.5, 0.6) is 0 Å². The third-order valence-corrected chi connectivity index (χ3v) is 6.12. The number of aromatic nitrogens is 1. The minimum absolute atomic E-state index is 0.195. The van der Waals surface area contributed by atoms with Gasteiger partial charge in [0.2, 0.25) is 0 Å². The van der Waals surface area contributed by atoms with Crippen LogP contribution >= 0.6 is 43.2 Å². The first-order valence-corrected chi connectivity index (χ1v) is 8.73. The highest BCUT2D eigenvalue weighted by molar-refractivity contribution is 9.13. The van der Waals surface area contributed by atoms with Gasteiger partial charge in [0.05, 0.1) is 11.2 Å². The first-order chi connectivity index (χ1) is 9.52. The van der Waals surface area contributed by atoms with E-state index in [-0.39, 0.29) is 6.04 Å². The molecule has 0 spiro atoms. The Morgan fingerprint density at radius 1 is 1.35 bits per heavy atom. The molecule has 0 saturated heterocycles. The van der Waals surface area contributed by atoms with Gasteiger partial charge in [-0.2, -0.15) is 0 Å². The van der Waals surface area contributed by atoms with E-state index < -0.39 is 0 Å². The summed E-state index contributed by atoms with van der Waals surface area (Å²) in [6.07, 6.45) is 0. The summed E-state index contributed by atoms with van der Waals surface area (Å²) in [4.78, 5) is 7.87. The molecular formula is C14H17Br2N3S. The van der Waals surface area contributed by atoms with Gasteiger partial charge < -0.3 is 5.73 Å². The van der Waals surface area contributed by atoms with E-state index in [0.29, 0.717) is 6.54 Å². The van der Waals surface area contributed by atoms with Crippen molar-refractivity contribution in [2.45, 2.75) is 19.5 Å². The molecule has 20 heavy (non-hydrogen) atoms. The maximum atomic E-state index is 5.98. The lowest BCUT2D eigenvalue weighted by Gasteiger charge is -2.27. The summed E-state index contributed by atoms with van der Waals surface area (Å²) in [6.45, 7) is 3.50. The van der Waals surface area contributed by atoms with Gasteiger partial charge in [0, 0.05) is 33.0 Å². The fourth-order valence-corrected chi connectivity index (χ4v) is 3.59. The van der Waals surface area contributed by atoms with Crippen molar-refractivity contribution >= 4 is 43.2 Å². The largest absolute Gasteiger partial charge is 0.329 e. The monoisotopic (exact) mass is 417 g/mol. The summed E-state index contributed by atoms with van der Waals surface area (Å²) in [6, 6.07) is 6.48. The molecule has 2 rings (SSSR count). The number of nitrogens with zero attached hydrogens (tertiary/aromatic N) is 2. The van der Waals surface area contributed by atoms with E-state index in [4.69, 9.17) is 5.73 Å². The molecule has 1 unspecified atom stereocenters. The smallest absolute Gasteiger partial charge is 0.0798 e. The normalized spacial score (nSPS) is 12.9. The van der Waals surface area contributed by atoms with Crippen LogP contribution in [0.3, 0.4) is 0 Å². The number of thiazole rings is 1. The van der Waals surface area contributed by atoms with Crippen LogP contribution in [0.4, 0.5) is 0 Å². The summed E-state index contributed by atoms with van der Waals surface area (Å²) < 4.78 is 2.11. The van der Waals surface area contributed by atoms with Gasteiger partial charge in [-0.1, -0.05) is 6.07 Å². The van der Waals surface area contributed by atoms with Crippen LogP contribution in [0.25, 0.3) is 0 Å². The highest BCUT2D eigenvalue weighted by Crippen LogP contribution is 2.29. The van der Waals surface area contributed by atoms with E-state index in [1.807, 2.05) is 18.5 Å². The van der Waals surface area contributed by atoms with Crippen LogP contribution in [0, 0.1) is 6.92 Å². The fourth-order valence-electron chi connectivity index (χ4n) is 2.10. The second kappa shape index (κ2) is 7.13. The molecule has 0 aliphatic carbocycles. The molecular weight excluding hydrogens is 402 g/mol. The number of hydrogen-bond acceptors (Lipinski definition) is 4. The molecule has 6 heteroatoms. The van der Waals surface area contributed by atoms with Crippen LogP contribution in [0.1, 0.15) is 22.2 Å². The Morgan fingerprint density at radius 3 is 2.65 bits per heavy atom. The third kappa shape index (κ3) is 3.68. The average molecular weight is 419 g/mol. The molecule has 1 heterocycles. The highest BCUT2D eigenvalue weighted by Gasteiger charge is 2.18. The summed E-state index contributed by atoms with van der Waals surface area (Å²) in [5.74, 6) is 0. The number of rotatable bonds is 5. The van der Waals surface area contributed by atoms with E-state index in [0.717, 1.165) is 21.2 Å². The molecule has 0 radical (unpaired) electrons. The number of aryl methyl sites for hydroxylation is 1. The van der Waals surface area contributed by atoms with Gasteiger partial charge in [0.1, 0.15) is 0 Å². The number of benzene rings is 1. The molecule has 1 aromatic heterocycles. The Balaban J connectivity index is 2.18. The molecule has 0 bridgehead atoms. The van der Waals surface area contributed by atoms with Gasteiger partial charge in [0.15, 0.2) is 0 Å². The molecule has 1 atom stereocenters. The minimum atomic E-state index is 0.195. The first kappa shape index (κ1) is 16.1. The van der Waals surface area contributed by atoms with E-state index in [1.54, 1.807) is 11.3 Å². The number of hydrogen-bond donors (Lipinski definition) is 1. The van der Waals surface area contributed by atoms with Crippen LogP contribution < -0.4 is 5.73 Å². The molecule has 0 amide bonds. The van der Waals surface area contributed by atoms with Crippen LogP contribution in [-0.2, 0) is 6.54 Å². The average Bonchev–Trinajstić information content (AvgIpc) is 2.80. The zero-order valence-corrected chi connectivity index (χ0v) is 15.4. The molecule has 3 nitrogen and oxygen atoms in total. The summed E-state index contributed by atoms with van der Waals surface area (Å²) in [5, 5.41) is 0. The number of nitrogens with two attached hydrogens (primary N) is 1. The van der Waals surface area contributed by atoms with Gasteiger partial charge in [-0.05, 0) is 63.5 Å². The Hall–Kier alpha value is -0.270. The van der Waals surface area contributed by atoms with Gasteiger partial charge in [-0.15, -0.1) is 11.3 Å². The Kier molecular flexibility index (Phi) is 5.74. The molecule has 108 valence electrons. The van der Waals surface area contributed by atoms with E-state index in [2.05, 4.69) is 60.9 Å². The molecule has 0 fully saturated rings. The van der Waals surface area contributed by atoms with Crippen molar-refractivity contribution in [1.29, 1.82) is 0 Å². The maximum Gasteiger partial charge on any atom is 0.0798 e. The molecule has 0 aliphatic rings. The summed E-state index contributed by atoms with van der Waals surface area (Å²) >= 11 is 8.74. The van der Waals surface area contributed by atoms with E-state index >= 15 is 0 Å². The van der Waals surface area contributed by atoms with E-state index in [9.17, 15) is 0 Å². The third-order valence-electron chi connectivity index (χ3n) is 3.32. The quantitative estimate of drug-likeness (QED) is 0.794. The maximum absolute atomic E-state index is 5.98. The first-order valence-electron chi connectivity index (χ1n) is 6.27. The molecule has 2 N–H and O–H groups in total. The standard InChI is InChI=1S/C14H17Br2N3S/c1-9-14(20-8-18-9)7-19(2)13(6-17)10-3-4-11(15)12(16)5-10/h3-5,8,13H,6-7,17H2,1-2H3. The summed E-state index contributed by atoms with van der Waals surface area (Å²) in [7, 11) is 2.10. The molecule has 1 aromatic carbocycles. The predicted octanol–water partition coefficient (Wildman–Crippen LogP) is 4.11. The second-order valence-electron chi connectivity index (χ2n) is 4.70. The Labute approximate surface area is 140 Å². The van der Waals surface area contributed by atoms with E-state index in [1.165, 1.54) is 10.4 Å². The van der Waals surface area contributed by atoms with Crippen molar-refractivity contribution in [3.63, 3.8) is 0 Å². The van der Waals surface area contributed by atoms with Crippen LogP contribution in [0.2, 0.25) is 0 Å². The van der Waals surface area contributed by atoms with Crippen molar-refractivity contribution in [3.8, 4) is 0 Å². The van der Waals surface area contributed by atoms with Crippen LogP contribution in [-0.4, -0.2) is 23.5 Å². The summed E-state index contributed by atoms with van der Waals surface area (Å²) in [5.41, 5.74) is 10.2. The zero-order chi connectivity index (χ0) is 14.7. The zero-order valence-electron chi connectivity index (χ0n) is 11.4. The predicted molar refractivity (Wildman–Crippen MR) is 92.0 cm³/mol. The number of halogens is 2. The van der Waals surface area contributed by atoms with Crippen molar-refractivity contribution in [2.75, 3.05) is 13.6 Å². The van der Waals surface area contributed by atoms with Crippen molar-refractivity contribution in [3.05, 3.63) is 48.8 Å². The molecule has 0 aliphatic heterocycles. The van der Waals surface area contributed by atoms with Gasteiger partial charge in [-0.3, -0.25) is 4.90 Å². The Morgan fingerprint density at radius 2 is 2.10 bits per heavy atom. The van der Waals surface area contributed by atoms with Crippen molar-refractivity contribution in [1.82, 2.24) is 9.88 Å².